The highest BCUT2D eigenvalue weighted by molar-refractivity contribution is 5.94. The molecule has 36 heavy (non-hydrogen) atoms. The summed E-state index contributed by atoms with van der Waals surface area (Å²) < 4.78 is 6.54. The monoisotopic (exact) mass is 490 g/mol. The highest BCUT2D eigenvalue weighted by atomic mass is 16.5. The molecule has 0 aliphatic heterocycles. The minimum absolute atomic E-state index is 0.00892. The number of nitrogen functional groups attached to an aromatic ring is 1. The van der Waals surface area contributed by atoms with Crippen LogP contribution in [0.4, 0.5) is 0 Å². The molecule has 0 radical (unpaired) electrons. The van der Waals surface area contributed by atoms with Crippen LogP contribution in [0.2, 0.25) is 0 Å². The third-order valence-electron chi connectivity index (χ3n) is 5.01. The first-order chi connectivity index (χ1) is 17.2. The molecule has 0 bridgehead atoms. The predicted molar refractivity (Wildman–Crippen MR) is 132 cm³/mol. The molecular formula is C24H26N8O4. The molecule has 4 aromatic rings. The molecule has 5 N–H and O–H groups in total. The number of rotatable bonds is 7. The number of aromatic amines is 1. The van der Waals surface area contributed by atoms with E-state index in [0.717, 1.165) is 23.7 Å². The van der Waals surface area contributed by atoms with Gasteiger partial charge in [0, 0.05) is 36.4 Å². The van der Waals surface area contributed by atoms with Crippen molar-refractivity contribution >= 4 is 11.8 Å². The number of aliphatic carboxylic acids is 1. The Morgan fingerprint density at radius 2 is 1.94 bits per heavy atom. The number of benzene rings is 1. The third-order valence-corrected chi connectivity index (χ3v) is 5.01. The zero-order valence-electron chi connectivity index (χ0n) is 20.0. The number of H-pyrrole nitrogens is 1. The van der Waals surface area contributed by atoms with E-state index in [9.17, 15) is 4.79 Å². The summed E-state index contributed by atoms with van der Waals surface area (Å²) >= 11 is 0. The van der Waals surface area contributed by atoms with Crippen molar-refractivity contribution in [3.8, 4) is 11.7 Å². The second kappa shape index (κ2) is 11.5. The van der Waals surface area contributed by atoms with Gasteiger partial charge in [-0.05, 0) is 42.7 Å². The van der Waals surface area contributed by atoms with Crippen molar-refractivity contribution in [1.82, 2.24) is 29.9 Å². The Labute approximate surface area is 206 Å². The molecule has 1 aromatic carbocycles. The lowest BCUT2D eigenvalue weighted by atomic mass is 9.91. The first kappa shape index (κ1) is 25.7. The lowest BCUT2D eigenvalue weighted by molar-refractivity contribution is -0.134. The number of hydrogen-bond acceptors (Lipinski definition) is 8. The van der Waals surface area contributed by atoms with Crippen molar-refractivity contribution in [3.63, 3.8) is 0 Å². The van der Waals surface area contributed by atoms with Gasteiger partial charge in [-0.3, -0.25) is 15.2 Å². The molecule has 0 spiro atoms. The number of nitrogens with two attached hydrogens (primary N) is 1. The zero-order valence-corrected chi connectivity index (χ0v) is 20.0. The number of hydrogen-bond donors (Lipinski definition) is 4. The molecule has 12 heteroatoms. The number of carboxylic acid groups (broad SMARTS) is 1. The topological polar surface area (TPSA) is 186 Å². The molecule has 186 valence electrons. The van der Waals surface area contributed by atoms with Gasteiger partial charge in [0.05, 0.1) is 7.11 Å². The molecular weight excluding hydrogens is 464 g/mol. The van der Waals surface area contributed by atoms with E-state index < -0.39 is 11.7 Å². The average Bonchev–Trinajstić information content (AvgIpc) is 3.23. The third kappa shape index (κ3) is 6.59. The molecule has 1 atom stereocenters. The van der Waals surface area contributed by atoms with E-state index in [1.54, 1.807) is 31.4 Å². The summed E-state index contributed by atoms with van der Waals surface area (Å²) in [5, 5.41) is 27.3. The van der Waals surface area contributed by atoms with E-state index >= 15 is 0 Å². The quantitative estimate of drug-likeness (QED) is 0.221. The van der Waals surface area contributed by atoms with E-state index in [1.165, 1.54) is 10.9 Å². The van der Waals surface area contributed by atoms with Crippen LogP contribution in [0.3, 0.4) is 0 Å². The lowest BCUT2D eigenvalue weighted by Gasteiger charge is -2.16. The molecule has 0 aliphatic carbocycles. The van der Waals surface area contributed by atoms with Crippen LogP contribution in [0.5, 0.6) is 5.88 Å². The molecule has 1 unspecified atom stereocenters. The molecule has 3 aromatic heterocycles. The summed E-state index contributed by atoms with van der Waals surface area (Å²) in [7, 11) is 1.56. The summed E-state index contributed by atoms with van der Waals surface area (Å²) in [6, 6.07) is 14.5. The number of aromatic nitrogens is 6. The second-order valence-electron chi connectivity index (χ2n) is 7.78. The van der Waals surface area contributed by atoms with Crippen LogP contribution in [-0.2, 0) is 11.2 Å². The van der Waals surface area contributed by atoms with Crippen molar-refractivity contribution in [1.29, 1.82) is 5.41 Å². The Kier molecular flexibility index (Phi) is 8.23. The number of carboxylic acids is 1. The number of nitrogens with one attached hydrogen (secondary N) is 2. The first-order valence-corrected chi connectivity index (χ1v) is 10.8. The van der Waals surface area contributed by atoms with E-state index in [1.807, 2.05) is 31.2 Å². The van der Waals surface area contributed by atoms with Gasteiger partial charge in [0.2, 0.25) is 5.88 Å². The molecule has 3 heterocycles. The largest absolute Gasteiger partial charge is 0.481 e. The van der Waals surface area contributed by atoms with Crippen LogP contribution in [0.15, 0.2) is 59.5 Å². The summed E-state index contributed by atoms with van der Waals surface area (Å²) in [4.78, 5) is 28.9. The van der Waals surface area contributed by atoms with Gasteiger partial charge in [0.1, 0.15) is 11.7 Å². The predicted octanol–water partition coefficient (Wildman–Crippen LogP) is 1.81. The fourth-order valence-corrected chi connectivity index (χ4v) is 3.46. The van der Waals surface area contributed by atoms with Gasteiger partial charge < -0.3 is 15.6 Å². The molecule has 0 saturated heterocycles. The number of nitrogens with zero attached hydrogens (tertiary/aromatic N) is 5. The number of ether oxygens (including phenoxy) is 1. The number of aryl methyl sites for hydroxylation is 1. The minimum atomic E-state index is -0.833. The summed E-state index contributed by atoms with van der Waals surface area (Å²) in [5.74, 6) is 0.165. The Morgan fingerprint density at radius 1 is 1.25 bits per heavy atom. The highest BCUT2D eigenvalue weighted by Crippen LogP contribution is 2.28. The van der Waals surface area contributed by atoms with Crippen LogP contribution in [0.25, 0.3) is 5.82 Å². The maximum absolute atomic E-state index is 12.6. The molecule has 0 aliphatic rings. The van der Waals surface area contributed by atoms with Gasteiger partial charge in [-0.15, -0.1) is 10.2 Å². The minimum Gasteiger partial charge on any atom is -0.481 e. The van der Waals surface area contributed by atoms with Crippen LogP contribution >= 0.6 is 0 Å². The van der Waals surface area contributed by atoms with Crippen molar-refractivity contribution in [2.24, 2.45) is 5.73 Å². The van der Waals surface area contributed by atoms with Crippen molar-refractivity contribution in [2.45, 2.75) is 26.2 Å². The number of methoxy groups -OCH3 is 1. The van der Waals surface area contributed by atoms with E-state index in [0.29, 0.717) is 29.5 Å². The molecule has 12 nitrogen and oxygen atoms in total. The zero-order chi connectivity index (χ0) is 26.2. The SMILES string of the molecule is CC(=O)O.COc1cc(C(Cc2ccc(C(=N)N)cc2)c2nn(-c3cccnn3)c(=O)[nH]2)cc(C)n1. The lowest BCUT2D eigenvalue weighted by Crippen LogP contribution is -2.17. The smallest absolute Gasteiger partial charge is 0.349 e. The molecule has 4 rings (SSSR count). The van der Waals surface area contributed by atoms with Gasteiger partial charge in [-0.25, -0.2) is 9.78 Å². The maximum Gasteiger partial charge on any atom is 0.349 e. The number of pyridine rings is 1. The van der Waals surface area contributed by atoms with Crippen LogP contribution in [0.1, 0.15) is 41.1 Å². The molecule has 0 amide bonds. The number of carbonyl (C=O) groups is 1. The van der Waals surface area contributed by atoms with Gasteiger partial charge in [0.25, 0.3) is 5.97 Å². The average molecular weight is 491 g/mol. The fraction of sp³-hybridized carbons (Fsp3) is 0.208. The first-order valence-electron chi connectivity index (χ1n) is 10.8. The summed E-state index contributed by atoms with van der Waals surface area (Å²) in [6.45, 7) is 2.96. The van der Waals surface area contributed by atoms with Crippen LogP contribution in [-0.4, -0.2) is 54.0 Å². The van der Waals surface area contributed by atoms with E-state index in [-0.39, 0.29) is 11.8 Å². The highest BCUT2D eigenvalue weighted by Gasteiger charge is 2.22. The van der Waals surface area contributed by atoms with E-state index in [2.05, 4.69) is 25.3 Å². The maximum atomic E-state index is 12.6. The molecule has 0 fully saturated rings. The van der Waals surface area contributed by atoms with Crippen molar-refractivity contribution in [3.05, 3.63) is 93.4 Å². The fourth-order valence-electron chi connectivity index (χ4n) is 3.46. The summed E-state index contributed by atoms with van der Waals surface area (Å²) in [5.41, 5.74) is 8.47. The Bertz CT molecular complexity index is 1390. The number of amidine groups is 1. The van der Waals surface area contributed by atoms with Gasteiger partial charge in [0.15, 0.2) is 5.82 Å². The Hall–Kier alpha value is -4.87. The standard InChI is InChI=1S/C22H22N8O2.C2H4O2/c1-13-10-16(12-19(26-13)32-2)17(11-14-5-7-15(8-6-14)20(23)24)21-27-22(31)30(29-21)18-4-3-9-25-28-18;1-2(3)4/h3-10,12,17H,11H2,1-2H3,(H3,23,24)(H,27,29,31);1H3,(H,3,4). The summed E-state index contributed by atoms with van der Waals surface area (Å²) in [6.07, 6.45) is 2.07. The van der Waals surface area contributed by atoms with Gasteiger partial charge in [-0.1, -0.05) is 24.3 Å². The van der Waals surface area contributed by atoms with Crippen LogP contribution in [0, 0.1) is 12.3 Å². The normalized spacial score (nSPS) is 11.2. The Balaban J connectivity index is 0.000000840. The van der Waals surface area contributed by atoms with Crippen LogP contribution < -0.4 is 16.2 Å². The van der Waals surface area contributed by atoms with E-state index in [4.69, 9.17) is 25.8 Å². The van der Waals surface area contributed by atoms with Gasteiger partial charge >= 0.3 is 5.69 Å². The molecule has 0 saturated carbocycles. The second-order valence-corrected chi connectivity index (χ2v) is 7.78. The Morgan fingerprint density at radius 3 is 2.53 bits per heavy atom. The van der Waals surface area contributed by atoms with Crippen molar-refractivity contribution < 1.29 is 14.6 Å². The van der Waals surface area contributed by atoms with Crippen molar-refractivity contribution in [2.75, 3.05) is 7.11 Å². The van der Waals surface area contributed by atoms with Gasteiger partial charge in [-0.2, -0.15) is 9.78 Å².